The molecule has 7 heteroatoms. The molecule has 19 heavy (non-hydrogen) atoms. The summed E-state index contributed by atoms with van der Waals surface area (Å²) < 4.78 is 0.489. The third-order valence-corrected chi connectivity index (χ3v) is 4.09. The standard InChI is InChI=1S/C12H13BrN2O4/c13-10-3-2-8(15(18)19)6-9(10)11(17)14-12(7-16)4-1-5-12/h2-3,6,16H,1,4-5,7H2,(H,14,17). The molecule has 0 bridgehead atoms. The number of aliphatic hydroxyl groups is 1. The monoisotopic (exact) mass is 328 g/mol. The Morgan fingerprint density at radius 3 is 2.68 bits per heavy atom. The molecule has 2 rings (SSSR count). The summed E-state index contributed by atoms with van der Waals surface area (Å²) in [5, 5.41) is 22.8. The number of nitrogens with zero attached hydrogens (tertiary/aromatic N) is 1. The van der Waals surface area contributed by atoms with Gasteiger partial charge in [0.1, 0.15) is 0 Å². The minimum absolute atomic E-state index is 0.120. The number of carbonyl (C=O) groups is 1. The van der Waals surface area contributed by atoms with Crippen molar-refractivity contribution in [3.63, 3.8) is 0 Å². The van der Waals surface area contributed by atoms with Crippen molar-refractivity contribution in [2.24, 2.45) is 0 Å². The summed E-state index contributed by atoms with van der Waals surface area (Å²) >= 11 is 3.20. The van der Waals surface area contributed by atoms with Gasteiger partial charge in [-0.15, -0.1) is 0 Å². The molecule has 1 fully saturated rings. The Morgan fingerprint density at radius 1 is 1.53 bits per heavy atom. The molecular formula is C12H13BrN2O4. The number of nitro groups is 1. The van der Waals surface area contributed by atoms with E-state index in [-0.39, 0.29) is 17.9 Å². The Morgan fingerprint density at radius 2 is 2.21 bits per heavy atom. The molecule has 102 valence electrons. The molecule has 0 spiro atoms. The molecule has 0 unspecified atom stereocenters. The third kappa shape index (κ3) is 2.76. The minimum atomic E-state index is -0.568. The quantitative estimate of drug-likeness (QED) is 0.653. The second-order valence-electron chi connectivity index (χ2n) is 4.67. The average molecular weight is 329 g/mol. The molecule has 0 heterocycles. The van der Waals surface area contributed by atoms with Crippen molar-refractivity contribution in [1.29, 1.82) is 0 Å². The van der Waals surface area contributed by atoms with Crippen LogP contribution in [0.15, 0.2) is 22.7 Å². The molecule has 2 N–H and O–H groups in total. The first-order valence-corrected chi connectivity index (χ1v) is 6.64. The van der Waals surface area contributed by atoms with Crippen LogP contribution < -0.4 is 5.32 Å². The highest BCUT2D eigenvalue weighted by atomic mass is 79.9. The lowest BCUT2D eigenvalue weighted by Gasteiger charge is -2.41. The van der Waals surface area contributed by atoms with E-state index in [1.807, 2.05) is 0 Å². The summed E-state index contributed by atoms with van der Waals surface area (Å²) in [6, 6.07) is 4.02. The zero-order chi connectivity index (χ0) is 14.0. The fourth-order valence-electron chi connectivity index (χ4n) is 2.04. The lowest BCUT2D eigenvalue weighted by Crippen LogP contribution is -2.56. The zero-order valence-electron chi connectivity index (χ0n) is 10.1. The Balaban J connectivity index is 2.23. The molecule has 0 radical (unpaired) electrons. The normalized spacial score (nSPS) is 16.5. The van der Waals surface area contributed by atoms with Crippen molar-refractivity contribution in [3.8, 4) is 0 Å². The van der Waals surface area contributed by atoms with Gasteiger partial charge in [-0.1, -0.05) is 0 Å². The van der Waals surface area contributed by atoms with E-state index in [1.165, 1.54) is 18.2 Å². The highest BCUT2D eigenvalue weighted by Gasteiger charge is 2.38. The summed E-state index contributed by atoms with van der Waals surface area (Å²) in [4.78, 5) is 22.3. The first-order chi connectivity index (χ1) is 8.97. The van der Waals surface area contributed by atoms with Gasteiger partial charge in [-0.3, -0.25) is 14.9 Å². The molecule has 1 aliphatic rings. The smallest absolute Gasteiger partial charge is 0.270 e. The van der Waals surface area contributed by atoms with Crippen molar-refractivity contribution in [1.82, 2.24) is 5.32 Å². The first kappa shape index (κ1) is 14.0. The first-order valence-electron chi connectivity index (χ1n) is 5.85. The second-order valence-corrected chi connectivity index (χ2v) is 5.52. The zero-order valence-corrected chi connectivity index (χ0v) is 11.6. The highest BCUT2D eigenvalue weighted by molar-refractivity contribution is 9.10. The molecule has 1 aliphatic carbocycles. The van der Waals surface area contributed by atoms with Crippen LogP contribution in [-0.2, 0) is 0 Å². The molecule has 6 nitrogen and oxygen atoms in total. The molecule has 0 aromatic heterocycles. The van der Waals surface area contributed by atoms with E-state index < -0.39 is 16.4 Å². The fourth-order valence-corrected chi connectivity index (χ4v) is 2.46. The van der Waals surface area contributed by atoms with Crippen molar-refractivity contribution in [2.45, 2.75) is 24.8 Å². The topological polar surface area (TPSA) is 92.5 Å². The predicted molar refractivity (Wildman–Crippen MR) is 71.9 cm³/mol. The molecule has 0 saturated heterocycles. The van der Waals surface area contributed by atoms with Gasteiger partial charge in [-0.2, -0.15) is 0 Å². The maximum atomic E-state index is 12.1. The molecule has 1 aromatic rings. The van der Waals surface area contributed by atoms with Crippen LogP contribution in [0.2, 0.25) is 0 Å². The van der Waals surface area contributed by atoms with E-state index in [9.17, 15) is 20.0 Å². The number of benzene rings is 1. The number of non-ortho nitro benzene ring substituents is 1. The molecule has 0 aliphatic heterocycles. The molecule has 1 saturated carbocycles. The number of hydrogen-bond acceptors (Lipinski definition) is 4. The predicted octanol–water partition coefficient (Wildman–Crippen LogP) is 2.00. The number of carbonyl (C=O) groups excluding carboxylic acids is 1. The number of nitrogens with one attached hydrogen (secondary N) is 1. The lowest BCUT2D eigenvalue weighted by atomic mass is 9.77. The molecule has 1 amide bonds. The van der Waals surface area contributed by atoms with Crippen LogP contribution in [0.25, 0.3) is 0 Å². The summed E-state index contributed by atoms with van der Waals surface area (Å²) in [6.45, 7) is -0.120. The van der Waals surface area contributed by atoms with Crippen LogP contribution in [0.1, 0.15) is 29.6 Å². The van der Waals surface area contributed by atoms with Gasteiger partial charge in [-0.25, -0.2) is 0 Å². The second kappa shape index (κ2) is 5.26. The van der Waals surface area contributed by atoms with Crippen molar-refractivity contribution < 1.29 is 14.8 Å². The summed E-state index contributed by atoms with van der Waals surface area (Å²) in [5.74, 6) is -0.413. The molecule has 1 aromatic carbocycles. The van der Waals surface area contributed by atoms with Crippen molar-refractivity contribution in [3.05, 3.63) is 38.3 Å². The Hall–Kier alpha value is -1.47. The number of halogens is 1. The van der Waals surface area contributed by atoms with Crippen molar-refractivity contribution in [2.75, 3.05) is 6.61 Å². The highest BCUT2D eigenvalue weighted by Crippen LogP contribution is 2.32. The maximum absolute atomic E-state index is 12.1. The molecular weight excluding hydrogens is 316 g/mol. The number of nitro benzene ring substituents is 1. The van der Waals surface area contributed by atoms with E-state index in [1.54, 1.807) is 0 Å². The largest absolute Gasteiger partial charge is 0.394 e. The Labute approximate surface area is 118 Å². The van der Waals surface area contributed by atoms with Gasteiger partial charge in [0.25, 0.3) is 11.6 Å². The fraction of sp³-hybridized carbons (Fsp3) is 0.417. The van der Waals surface area contributed by atoms with Crippen LogP contribution in [0.5, 0.6) is 0 Å². The van der Waals surface area contributed by atoms with Crippen LogP contribution in [0.3, 0.4) is 0 Å². The SMILES string of the molecule is O=C(NC1(CO)CCC1)c1cc([N+](=O)[O-])ccc1Br. The van der Waals surface area contributed by atoms with Crippen LogP contribution in [0.4, 0.5) is 5.69 Å². The number of rotatable bonds is 4. The van der Waals surface area contributed by atoms with Gasteiger partial charge in [0.15, 0.2) is 0 Å². The van der Waals surface area contributed by atoms with E-state index >= 15 is 0 Å². The van der Waals surface area contributed by atoms with Crippen molar-refractivity contribution >= 4 is 27.5 Å². The Bertz CT molecular complexity index is 523. The lowest BCUT2D eigenvalue weighted by molar-refractivity contribution is -0.384. The van der Waals surface area contributed by atoms with E-state index in [4.69, 9.17) is 0 Å². The number of amides is 1. The van der Waals surface area contributed by atoms with Gasteiger partial charge < -0.3 is 10.4 Å². The summed E-state index contributed by atoms with van der Waals surface area (Å²) in [7, 11) is 0. The van der Waals surface area contributed by atoms with E-state index in [2.05, 4.69) is 21.2 Å². The van der Waals surface area contributed by atoms with E-state index in [0.29, 0.717) is 4.47 Å². The van der Waals surface area contributed by atoms with Crippen LogP contribution >= 0.6 is 15.9 Å². The van der Waals surface area contributed by atoms with Gasteiger partial charge in [0.05, 0.1) is 22.6 Å². The van der Waals surface area contributed by atoms with Gasteiger partial charge in [0, 0.05) is 16.6 Å². The minimum Gasteiger partial charge on any atom is -0.394 e. The van der Waals surface area contributed by atoms with Crippen LogP contribution in [0, 0.1) is 10.1 Å². The summed E-state index contributed by atoms with van der Waals surface area (Å²) in [5.41, 5.74) is -0.504. The van der Waals surface area contributed by atoms with E-state index in [0.717, 1.165) is 19.3 Å². The number of aliphatic hydroxyl groups excluding tert-OH is 1. The van der Waals surface area contributed by atoms with Gasteiger partial charge >= 0.3 is 0 Å². The van der Waals surface area contributed by atoms with Crippen LogP contribution in [-0.4, -0.2) is 28.1 Å². The Kier molecular flexibility index (Phi) is 3.86. The third-order valence-electron chi connectivity index (χ3n) is 3.40. The van der Waals surface area contributed by atoms with Gasteiger partial charge in [-0.05, 0) is 41.3 Å². The van der Waals surface area contributed by atoms with Gasteiger partial charge in [0.2, 0.25) is 0 Å². The maximum Gasteiger partial charge on any atom is 0.270 e. The molecule has 0 atom stereocenters. The summed E-state index contributed by atoms with van der Waals surface area (Å²) in [6.07, 6.45) is 2.40. The average Bonchev–Trinajstić information content (AvgIpc) is 2.33. The number of hydrogen-bond donors (Lipinski definition) is 2.